The van der Waals surface area contributed by atoms with E-state index in [1.807, 2.05) is 0 Å². The predicted octanol–water partition coefficient (Wildman–Crippen LogP) is 9.51. The van der Waals surface area contributed by atoms with Crippen molar-refractivity contribution < 1.29 is 0 Å². The van der Waals surface area contributed by atoms with Gasteiger partial charge < -0.3 is 10.2 Å². The Labute approximate surface area is 215 Å². The van der Waals surface area contributed by atoms with Gasteiger partial charge in [0.1, 0.15) is 6.17 Å². The number of para-hydroxylation sites is 1. The minimum Gasteiger partial charge on any atom is -0.359 e. The summed E-state index contributed by atoms with van der Waals surface area (Å²) in [7, 11) is 0. The molecule has 1 atom stereocenters. The van der Waals surface area contributed by atoms with E-state index >= 15 is 0 Å². The second-order valence-electron chi connectivity index (χ2n) is 9.86. The molecular formula is C35H24N2. The number of fused-ring (bicyclic) bond motifs is 1. The summed E-state index contributed by atoms with van der Waals surface area (Å²) in [6, 6.07) is 48.4. The Morgan fingerprint density at radius 2 is 1.22 bits per heavy atom. The Hall–Kier alpha value is -4.82. The Kier molecular flexibility index (Phi) is 4.32. The van der Waals surface area contributed by atoms with Crippen LogP contribution in [-0.4, -0.2) is 0 Å². The number of benzene rings is 7. The quantitative estimate of drug-likeness (QED) is 0.258. The number of rotatable bonds is 3. The maximum absolute atomic E-state index is 3.83. The molecular weight excluding hydrogens is 448 g/mol. The fraction of sp³-hybridized carbons (Fsp3) is 0.0286. The lowest BCUT2D eigenvalue weighted by Gasteiger charge is -2.27. The van der Waals surface area contributed by atoms with E-state index in [9.17, 15) is 0 Å². The van der Waals surface area contributed by atoms with Crippen molar-refractivity contribution in [3.05, 3.63) is 139 Å². The first-order chi connectivity index (χ1) is 18.3. The minimum atomic E-state index is 0.0372. The lowest BCUT2D eigenvalue weighted by atomic mass is 9.90. The number of nitrogens with zero attached hydrogens (tertiary/aromatic N) is 1. The molecule has 1 heterocycles. The van der Waals surface area contributed by atoms with E-state index in [2.05, 4.69) is 144 Å². The second kappa shape index (κ2) is 7.84. The van der Waals surface area contributed by atoms with Gasteiger partial charge in [-0.25, -0.2) is 0 Å². The van der Waals surface area contributed by atoms with Crippen LogP contribution in [0, 0.1) is 0 Å². The average molecular weight is 473 g/mol. The molecule has 0 fully saturated rings. The summed E-state index contributed by atoms with van der Waals surface area (Å²) in [5.74, 6) is 0. The monoisotopic (exact) mass is 472 g/mol. The zero-order valence-electron chi connectivity index (χ0n) is 20.2. The van der Waals surface area contributed by atoms with Gasteiger partial charge in [0.05, 0.1) is 11.4 Å². The molecule has 174 valence electrons. The molecule has 2 nitrogen and oxygen atoms in total. The van der Waals surface area contributed by atoms with Gasteiger partial charge in [-0.05, 0) is 73.3 Å². The average Bonchev–Trinajstić information content (AvgIpc) is 3.36. The fourth-order valence-corrected chi connectivity index (χ4v) is 6.11. The van der Waals surface area contributed by atoms with Gasteiger partial charge >= 0.3 is 0 Å². The molecule has 1 N–H and O–H groups in total. The van der Waals surface area contributed by atoms with Crippen molar-refractivity contribution in [1.29, 1.82) is 0 Å². The molecule has 0 saturated carbocycles. The largest absolute Gasteiger partial charge is 0.359 e. The van der Waals surface area contributed by atoms with Gasteiger partial charge in [0.15, 0.2) is 0 Å². The zero-order valence-corrected chi connectivity index (χ0v) is 20.2. The van der Waals surface area contributed by atoms with Crippen LogP contribution in [0.3, 0.4) is 0 Å². The first-order valence-corrected chi connectivity index (χ1v) is 12.8. The molecule has 2 heteroatoms. The highest BCUT2D eigenvalue weighted by Gasteiger charge is 2.31. The van der Waals surface area contributed by atoms with Gasteiger partial charge in [0.25, 0.3) is 0 Å². The molecule has 1 unspecified atom stereocenters. The molecule has 1 aliphatic heterocycles. The molecule has 7 aromatic carbocycles. The van der Waals surface area contributed by atoms with Gasteiger partial charge in [-0.1, -0.05) is 109 Å². The van der Waals surface area contributed by atoms with Crippen LogP contribution in [-0.2, 0) is 0 Å². The van der Waals surface area contributed by atoms with Crippen molar-refractivity contribution in [3.63, 3.8) is 0 Å². The van der Waals surface area contributed by atoms with Gasteiger partial charge in [-0.2, -0.15) is 0 Å². The number of nitrogens with one attached hydrogen (secondary N) is 1. The molecule has 0 amide bonds. The lowest BCUT2D eigenvalue weighted by molar-refractivity contribution is 0.828. The van der Waals surface area contributed by atoms with Crippen molar-refractivity contribution >= 4 is 49.4 Å². The second-order valence-corrected chi connectivity index (χ2v) is 9.86. The summed E-state index contributed by atoms with van der Waals surface area (Å²) in [5, 5.41) is 11.7. The highest BCUT2D eigenvalue weighted by molar-refractivity contribution is 6.25. The number of anilines is 3. The highest BCUT2D eigenvalue weighted by atomic mass is 15.3. The van der Waals surface area contributed by atoms with Gasteiger partial charge in [0.2, 0.25) is 0 Å². The third kappa shape index (κ3) is 3.06. The molecule has 0 aromatic heterocycles. The molecule has 7 aromatic rings. The maximum Gasteiger partial charge on any atom is 0.130 e. The molecule has 0 radical (unpaired) electrons. The van der Waals surface area contributed by atoms with Crippen molar-refractivity contribution in [2.75, 3.05) is 10.2 Å². The summed E-state index contributed by atoms with van der Waals surface area (Å²) in [6.07, 6.45) is 0.0372. The summed E-state index contributed by atoms with van der Waals surface area (Å²) in [6.45, 7) is 0. The maximum atomic E-state index is 3.83. The first-order valence-electron chi connectivity index (χ1n) is 12.8. The smallest absolute Gasteiger partial charge is 0.130 e. The Bertz CT molecular complexity index is 1890. The fourth-order valence-electron chi connectivity index (χ4n) is 6.11. The molecule has 0 saturated heterocycles. The standard InChI is InChI=1S/C35H24N2/c1-3-8-26(9-4-1)35-36-31-22-27(18-21-32(31)37(35)28-12-5-2-6-13-28)29-19-16-25-15-14-23-10-7-11-24-17-20-30(29)34(25)33(23)24/h1-22,35-36H. The molecule has 0 spiro atoms. The third-order valence-corrected chi connectivity index (χ3v) is 7.80. The van der Waals surface area contributed by atoms with Gasteiger partial charge in [-0.15, -0.1) is 0 Å². The van der Waals surface area contributed by atoms with E-state index in [0.717, 1.165) is 5.69 Å². The SMILES string of the molecule is c1ccc(C2Nc3cc(-c4ccc5ccc6cccc7ccc4c5c67)ccc3N2c2ccccc2)cc1. The highest BCUT2D eigenvalue weighted by Crippen LogP contribution is 2.48. The molecule has 8 rings (SSSR count). The molecule has 1 aliphatic rings. The van der Waals surface area contributed by atoms with E-state index in [1.165, 1.54) is 60.4 Å². The van der Waals surface area contributed by atoms with E-state index in [1.54, 1.807) is 0 Å². The number of hydrogen-bond donors (Lipinski definition) is 1. The Morgan fingerprint density at radius 3 is 2.00 bits per heavy atom. The zero-order chi connectivity index (χ0) is 24.3. The lowest BCUT2D eigenvalue weighted by Crippen LogP contribution is -2.23. The van der Waals surface area contributed by atoms with Crippen LogP contribution in [0.5, 0.6) is 0 Å². The Morgan fingerprint density at radius 1 is 0.541 bits per heavy atom. The van der Waals surface area contributed by atoms with E-state index in [4.69, 9.17) is 0 Å². The van der Waals surface area contributed by atoms with Crippen molar-refractivity contribution in [2.45, 2.75) is 6.17 Å². The van der Waals surface area contributed by atoms with Crippen LogP contribution in [0.1, 0.15) is 11.7 Å². The molecule has 37 heavy (non-hydrogen) atoms. The number of hydrogen-bond acceptors (Lipinski definition) is 2. The molecule has 0 aliphatic carbocycles. The summed E-state index contributed by atoms with van der Waals surface area (Å²) < 4.78 is 0. The summed E-state index contributed by atoms with van der Waals surface area (Å²) in [5.41, 5.74) is 7.27. The minimum absolute atomic E-state index is 0.0372. The van der Waals surface area contributed by atoms with Gasteiger partial charge in [0, 0.05) is 5.69 Å². The van der Waals surface area contributed by atoms with Crippen molar-refractivity contribution in [3.8, 4) is 11.1 Å². The van der Waals surface area contributed by atoms with Crippen LogP contribution < -0.4 is 10.2 Å². The third-order valence-electron chi connectivity index (χ3n) is 7.80. The van der Waals surface area contributed by atoms with Crippen molar-refractivity contribution in [1.82, 2.24) is 0 Å². The summed E-state index contributed by atoms with van der Waals surface area (Å²) in [4.78, 5) is 2.40. The van der Waals surface area contributed by atoms with E-state index < -0.39 is 0 Å². The molecule has 0 bridgehead atoms. The summed E-state index contributed by atoms with van der Waals surface area (Å²) >= 11 is 0. The Balaban J connectivity index is 1.31. The topological polar surface area (TPSA) is 15.3 Å². The van der Waals surface area contributed by atoms with Crippen LogP contribution >= 0.6 is 0 Å². The van der Waals surface area contributed by atoms with Crippen LogP contribution in [0.25, 0.3) is 43.4 Å². The normalized spacial score (nSPS) is 14.9. The van der Waals surface area contributed by atoms with Gasteiger partial charge in [-0.3, -0.25) is 0 Å². The van der Waals surface area contributed by atoms with Crippen molar-refractivity contribution in [2.24, 2.45) is 0 Å². The van der Waals surface area contributed by atoms with Crippen LogP contribution in [0.4, 0.5) is 17.1 Å². The van der Waals surface area contributed by atoms with E-state index in [-0.39, 0.29) is 6.17 Å². The first kappa shape index (κ1) is 20.4. The predicted molar refractivity (Wildman–Crippen MR) is 157 cm³/mol. The van der Waals surface area contributed by atoms with Crippen LogP contribution in [0.15, 0.2) is 133 Å². The van der Waals surface area contributed by atoms with Crippen LogP contribution in [0.2, 0.25) is 0 Å². The van der Waals surface area contributed by atoms with E-state index in [0.29, 0.717) is 0 Å².